The Morgan fingerprint density at radius 3 is 2.43 bits per heavy atom. The number of ketones is 1. The molecule has 0 N–H and O–H groups in total. The number of hydrogen-bond donors (Lipinski definition) is 0. The van der Waals surface area contributed by atoms with Gasteiger partial charge in [-0.15, -0.1) is 0 Å². The van der Waals surface area contributed by atoms with E-state index in [-0.39, 0.29) is 27.8 Å². The lowest BCUT2D eigenvalue weighted by atomic mass is 10.1. The van der Waals surface area contributed by atoms with E-state index in [0.717, 1.165) is 6.07 Å². The molecule has 2 aromatic carbocycles. The minimum absolute atomic E-state index is 0.0459. The molecule has 0 radical (unpaired) electrons. The molecule has 0 heterocycles. The zero-order chi connectivity index (χ0) is 15.6. The summed E-state index contributed by atoms with van der Waals surface area (Å²) in [6, 6.07) is 7.59. The Bertz CT molecular complexity index is 733. The van der Waals surface area contributed by atoms with Gasteiger partial charge in [-0.2, -0.15) is 0 Å². The van der Waals surface area contributed by atoms with Crippen LogP contribution in [-0.4, -0.2) is 10.7 Å². The van der Waals surface area contributed by atoms with Crippen molar-refractivity contribution in [2.45, 2.75) is 6.92 Å². The SMILES string of the molecule is CC(=O)c1cc(Oc2ccc(Cl)c(F)c2)ccc1[N+](=O)[O-]. The van der Waals surface area contributed by atoms with Crippen LogP contribution in [-0.2, 0) is 0 Å². The molecular formula is C14H9ClFNO4. The molecule has 0 saturated heterocycles. The number of rotatable bonds is 4. The van der Waals surface area contributed by atoms with Crippen molar-refractivity contribution in [3.63, 3.8) is 0 Å². The van der Waals surface area contributed by atoms with E-state index < -0.39 is 16.5 Å². The van der Waals surface area contributed by atoms with E-state index in [1.807, 2.05) is 0 Å². The van der Waals surface area contributed by atoms with E-state index in [1.165, 1.54) is 37.3 Å². The van der Waals surface area contributed by atoms with Gasteiger partial charge in [-0.1, -0.05) is 11.6 Å². The smallest absolute Gasteiger partial charge is 0.280 e. The number of ether oxygens (including phenoxy) is 1. The highest BCUT2D eigenvalue weighted by Crippen LogP contribution is 2.29. The molecular weight excluding hydrogens is 301 g/mol. The summed E-state index contributed by atoms with van der Waals surface area (Å²) in [5.41, 5.74) is -0.385. The normalized spacial score (nSPS) is 10.2. The summed E-state index contributed by atoms with van der Waals surface area (Å²) in [5, 5.41) is 10.8. The first-order chi connectivity index (χ1) is 9.88. The van der Waals surface area contributed by atoms with Crippen LogP contribution in [0.1, 0.15) is 17.3 Å². The summed E-state index contributed by atoms with van der Waals surface area (Å²) in [4.78, 5) is 21.6. The van der Waals surface area contributed by atoms with Crippen molar-refractivity contribution in [2.75, 3.05) is 0 Å². The maximum absolute atomic E-state index is 13.3. The van der Waals surface area contributed by atoms with Crippen molar-refractivity contribution >= 4 is 23.1 Å². The number of nitrogens with zero attached hydrogens (tertiary/aromatic N) is 1. The van der Waals surface area contributed by atoms with Crippen molar-refractivity contribution in [3.05, 3.63) is 62.9 Å². The molecule has 0 aliphatic rings. The Kier molecular flexibility index (Phi) is 4.18. The van der Waals surface area contributed by atoms with Crippen LogP contribution in [0.25, 0.3) is 0 Å². The third-order valence-electron chi connectivity index (χ3n) is 2.67. The van der Waals surface area contributed by atoms with Crippen LogP contribution in [0.4, 0.5) is 10.1 Å². The number of hydrogen-bond acceptors (Lipinski definition) is 4. The number of nitro benzene ring substituents is 1. The summed E-state index contributed by atoms with van der Waals surface area (Å²) < 4.78 is 18.7. The van der Waals surface area contributed by atoms with Gasteiger partial charge in [0.2, 0.25) is 0 Å². The zero-order valence-corrected chi connectivity index (χ0v) is 11.6. The lowest BCUT2D eigenvalue weighted by molar-refractivity contribution is -0.385. The predicted molar refractivity (Wildman–Crippen MR) is 74.6 cm³/mol. The number of Topliss-reactive ketones (excluding diaryl/α,β-unsaturated/α-hetero) is 1. The third-order valence-corrected chi connectivity index (χ3v) is 2.98. The first kappa shape index (κ1) is 14.9. The van der Waals surface area contributed by atoms with Crippen LogP contribution < -0.4 is 4.74 Å². The Labute approximate surface area is 124 Å². The average molecular weight is 310 g/mol. The molecule has 0 amide bonds. The first-order valence-electron chi connectivity index (χ1n) is 5.81. The fourth-order valence-electron chi connectivity index (χ4n) is 1.70. The van der Waals surface area contributed by atoms with E-state index in [4.69, 9.17) is 16.3 Å². The van der Waals surface area contributed by atoms with Crippen LogP contribution >= 0.6 is 11.6 Å². The molecule has 0 atom stereocenters. The second kappa shape index (κ2) is 5.88. The van der Waals surface area contributed by atoms with Crippen molar-refractivity contribution in [1.29, 1.82) is 0 Å². The number of carbonyl (C=O) groups excluding carboxylic acids is 1. The van der Waals surface area contributed by atoms with Gasteiger partial charge < -0.3 is 4.74 Å². The number of carbonyl (C=O) groups is 1. The molecule has 0 fully saturated rings. The fourth-order valence-corrected chi connectivity index (χ4v) is 1.81. The molecule has 108 valence electrons. The number of halogens is 2. The van der Waals surface area contributed by atoms with E-state index >= 15 is 0 Å². The summed E-state index contributed by atoms with van der Waals surface area (Å²) in [7, 11) is 0. The van der Waals surface area contributed by atoms with Gasteiger partial charge in [0.25, 0.3) is 5.69 Å². The molecule has 0 bridgehead atoms. The molecule has 0 spiro atoms. The summed E-state index contributed by atoms with van der Waals surface area (Å²) in [6.45, 7) is 1.22. The summed E-state index contributed by atoms with van der Waals surface area (Å²) in [5.74, 6) is -0.759. The summed E-state index contributed by atoms with van der Waals surface area (Å²) >= 11 is 5.56. The van der Waals surface area contributed by atoms with Crippen molar-refractivity contribution in [1.82, 2.24) is 0 Å². The molecule has 21 heavy (non-hydrogen) atoms. The van der Waals surface area contributed by atoms with Gasteiger partial charge in [0.1, 0.15) is 17.3 Å². The molecule has 0 saturated carbocycles. The minimum Gasteiger partial charge on any atom is -0.457 e. The van der Waals surface area contributed by atoms with Gasteiger partial charge >= 0.3 is 0 Å². The van der Waals surface area contributed by atoms with E-state index in [0.29, 0.717) is 0 Å². The Morgan fingerprint density at radius 2 is 1.86 bits per heavy atom. The quantitative estimate of drug-likeness (QED) is 0.477. The van der Waals surface area contributed by atoms with Crippen LogP contribution in [0, 0.1) is 15.9 Å². The van der Waals surface area contributed by atoms with Crippen LogP contribution in [0.3, 0.4) is 0 Å². The highest BCUT2D eigenvalue weighted by atomic mass is 35.5. The van der Waals surface area contributed by atoms with E-state index in [1.54, 1.807) is 0 Å². The number of benzene rings is 2. The van der Waals surface area contributed by atoms with Crippen LogP contribution in [0.15, 0.2) is 36.4 Å². The van der Waals surface area contributed by atoms with Gasteiger partial charge in [-0.25, -0.2) is 4.39 Å². The van der Waals surface area contributed by atoms with Gasteiger partial charge in [-0.05, 0) is 31.2 Å². The molecule has 2 rings (SSSR count). The van der Waals surface area contributed by atoms with Crippen LogP contribution in [0.5, 0.6) is 11.5 Å². The van der Waals surface area contributed by atoms with Gasteiger partial charge in [-0.3, -0.25) is 14.9 Å². The fraction of sp³-hybridized carbons (Fsp3) is 0.0714. The highest BCUT2D eigenvalue weighted by molar-refractivity contribution is 6.30. The second-order valence-electron chi connectivity index (χ2n) is 4.17. The molecule has 0 aromatic heterocycles. The monoisotopic (exact) mass is 309 g/mol. The van der Waals surface area contributed by atoms with Gasteiger partial charge in [0, 0.05) is 12.1 Å². The molecule has 0 aliphatic heterocycles. The van der Waals surface area contributed by atoms with E-state index in [2.05, 4.69) is 0 Å². The van der Waals surface area contributed by atoms with Crippen molar-refractivity contribution < 1.29 is 18.8 Å². The minimum atomic E-state index is -0.650. The van der Waals surface area contributed by atoms with Crippen LogP contribution in [0.2, 0.25) is 5.02 Å². The first-order valence-corrected chi connectivity index (χ1v) is 6.18. The average Bonchev–Trinajstić information content (AvgIpc) is 2.42. The third kappa shape index (κ3) is 3.35. The maximum atomic E-state index is 13.3. The molecule has 5 nitrogen and oxygen atoms in total. The molecule has 0 aliphatic carbocycles. The lowest BCUT2D eigenvalue weighted by Gasteiger charge is -2.07. The topological polar surface area (TPSA) is 69.4 Å². The number of nitro groups is 1. The van der Waals surface area contributed by atoms with Gasteiger partial charge in [0.15, 0.2) is 5.78 Å². The molecule has 2 aromatic rings. The standard InChI is InChI=1S/C14H9ClFNO4/c1-8(18)11-6-9(3-5-14(11)17(19)20)21-10-2-4-12(15)13(16)7-10/h2-7H,1H3. The van der Waals surface area contributed by atoms with E-state index in [9.17, 15) is 19.3 Å². The second-order valence-corrected chi connectivity index (χ2v) is 4.58. The largest absolute Gasteiger partial charge is 0.457 e. The van der Waals surface area contributed by atoms with Gasteiger partial charge in [0.05, 0.1) is 15.5 Å². The summed E-state index contributed by atoms with van der Waals surface area (Å²) in [6.07, 6.45) is 0. The Balaban J connectivity index is 2.36. The zero-order valence-electron chi connectivity index (χ0n) is 10.8. The molecule has 0 unspecified atom stereocenters. The predicted octanol–water partition coefficient (Wildman–Crippen LogP) is 4.38. The van der Waals surface area contributed by atoms with Crippen molar-refractivity contribution in [3.8, 4) is 11.5 Å². The highest BCUT2D eigenvalue weighted by Gasteiger charge is 2.18. The Hall–Kier alpha value is -2.47. The lowest BCUT2D eigenvalue weighted by Crippen LogP contribution is -2.00. The maximum Gasteiger partial charge on any atom is 0.280 e. The molecule has 7 heteroatoms. The Morgan fingerprint density at radius 1 is 1.24 bits per heavy atom. The van der Waals surface area contributed by atoms with Crippen molar-refractivity contribution in [2.24, 2.45) is 0 Å².